The largest absolute Gasteiger partial charge is 0.494 e. The van der Waals surface area contributed by atoms with Gasteiger partial charge in [-0.05, 0) is 64.0 Å². The molecule has 0 radical (unpaired) electrons. The Bertz CT molecular complexity index is 940. The first-order valence-corrected chi connectivity index (χ1v) is 10.4. The molecule has 0 aliphatic carbocycles. The quantitative estimate of drug-likeness (QED) is 0.431. The Morgan fingerprint density at radius 2 is 1.83 bits per heavy atom. The molecule has 1 heterocycles. The fraction of sp³-hybridized carbons (Fsp3) is 0.458. The monoisotopic (exact) mass is 415 g/mol. The van der Waals surface area contributed by atoms with Gasteiger partial charge in [0.15, 0.2) is 0 Å². The van der Waals surface area contributed by atoms with Gasteiger partial charge in [0.25, 0.3) is 0 Å². The van der Waals surface area contributed by atoms with Crippen molar-refractivity contribution < 1.29 is 4.74 Å². The van der Waals surface area contributed by atoms with Gasteiger partial charge in [-0.1, -0.05) is 38.1 Å². The number of hydrogen-bond acceptors (Lipinski definition) is 4. The molecule has 0 aliphatic rings. The molecule has 5 heteroatoms. The first-order valence-electron chi connectivity index (χ1n) is 10.4. The molecule has 158 valence electrons. The topological polar surface area (TPSA) is 37.4 Å². The number of aromatic nitrogens is 1. The van der Waals surface area contributed by atoms with Crippen LogP contribution < -0.4 is 10.1 Å². The van der Waals surface area contributed by atoms with Crippen LogP contribution in [0.3, 0.4) is 0 Å². The van der Waals surface area contributed by atoms with Crippen LogP contribution in [0.25, 0.3) is 21.8 Å². The number of para-hydroxylation sites is 1. The van der Waals surface area contributed by atoms with Crippen molar-refractivity contribution in [3.05, 3.63) is 42.0 Å². The summed E-state index contributed by atoms with van der Waals surface area (Å²) < 4.78 is 5.61. The lowest BCUT2D eigenvalue weighted by atomic mass is 10.0. The standard InChI is InChI=1S/C24H33N3O.ClH/c1-6-27(7-2)16-10-11-18(4)25-23-19-12-8-9-13-20(19)26-24-21(28-5)15-14-17(3)22(23)24;/h8-9,12-15,18H,6-7,10-11,16H2,1-5H3,(H,25,26);1H. The normalized spacial score (nSPS) is 12.2. The lowest BCUT2D eigenvalue weighted by Gasteiger charge is -2.22. The number of ether oxygens (including phenoxy) is 1. The van der Waals surface area contributed by atoms with Crippen LogP contribution >= 0.6 is 12.4 Å². The van der Waals surface area contributed by atoms with Gasteiger partial charge in [-0.2, -0.15) is 0 Å². The number of fused-ring (bicyclic) bond motifs is 2. The van der Waals surface area contributed by atoms with Crippen LogP contribution in [-0.4, -0.2) is 42.7 Å². The van der Waals surface area contributed by atoms with Crippen LogP contribution in [0.4, 0.5) is 5.69 Å². The average molecular weight is 416 g/mol. The molecule has 3 aromatic rings. The molecule has 1 N–H and O–H groups in total. The Labute approximate surface area is 181 Å². The smallest absolute Gasteiger partial charge is 0.145 e. The third-order valence-corrected chi connectivity index (χ3v) is 5.62. The SMILES string of the molecule is CCN(CC)CCCC(C)Nc1c2ccccc2nc2c(OC)ccc(C)c12.Cl. The lowest BCUT2D eigenvalue weighted by molar-refractivity contribution is 0.295. The highest BCUT2D eigenvalue weighted by molar-refractivity contribution is 6.10. The van der Waals surface area contributed by atoms with Crippen molar-refractivity contribution in [3.63, 3.8) is 0 Å². The van der Waals surface area contributed by atoms with Crippen LogP contribution in [0.2, 0.25) is 0 Å². The molecule has 0 bridgehead atoms. The summed E-state index contributed by atoms with van der Waals surface area (Å²) in [5.41, 5.74) is 4.31. The lowest BCUT2D eigenvalue weighted by Crippen LogP contribution is -2.25. The maximum Gasteiger partial charge on any atom is 0.145 e. The minimum Gasteiger partial charge on any atom is -0.494 e. The molecule has 0 saturated heterocycles. The third kappa shape index (κ3) is 5.12. The Kier molecular flexibility index (Phi) is 8.54. The fourth-order valence-electron chi connectivity index (χ4n) is 3.93. The van der Waals surface area contributed by atoms with Crippen molar-refractivity contribution in [2.24, 2.45) is 0 Å². The van der Waals surface area contributed by atoms with Crippen molar-refractivity contribution >= 4 is 39.9 Å². The van der Waals surface area contributed by atoms with E-state index in [2.05, 4.69) is 62.2 Å². The first-order chi connectivity index (χ1) is 13.6. The molecule has 0 aliphatic heterocycles. The molecule has 0 amide bonds. The molecule has 4 nitrogen and oxygen atoms in total. The molecule has 0 saturated carbocycles. The number of pyridine rings is 1. The zero-order chi connectivity index (χ0) is 20.1. The second-order valence-electron chi connectivity index (χ2n) is 7.53. The number of nitrogens with one attached hydrogen (secondary N) is 1. The summed E-state index contributed by atoms with van der Waals surface area (Å²) in [6, 6.07) is 12.9. The van der Waals surface area contributed by atoms with Crippen LogP contribution in [0.5, 0.6) is 5.75 Å². The van der Waals surface area contributed by atoms with Crippen LogP contribution in [0, 0.1) is 6.92 Å². The van der Waals surface area contributed by atoms with Crippen molar-refractivity contribution in [2.75, 3.05) is 32.1 Å². The number of rotatable bonds is 9. The predicted octanol–water partition coefficient (Wildman–Crippen LogP) is 6.05. The van der Waals surface area contributed by atoms with Gasteiger partial charge in [-0.15, -0.1) is 12.4 Å². The molecule has 0 spiro atoms. The van der Waals surface area contributed by atoms with E-state index in [0.717, 1.165) is 48.2 Å². The number of benzene rings is 2. The summed E-state index contributed by atoms with van der Waals surface area (Å²) in [4.78, 5) is 7.40. The molecule has 29 heavy (non-hydrogen) atoms. The van der Waals surface area contributed by atoms with E-state index in [1.165, 1.54) is 23.1 Å². The molecule has 2 aromatic carbocycles. The van der Waals surface area contributed by atoms with Gasteiger partial charge in [0.05, 0.1) is 18.3 Å². The Morgan fingerprint density at radius 1 is 1.10 bits per heavy atom. The summed E-state index contributed by atoms with van der Waals surface area (Å²) in [6.45, 7) is 12.3. The van der Waals surface area contributed by atoms with Gasteiger partial charge < -0.3 is 15.0 Å². The number of hydrogen-bond donors (Lipinski definition) is 1. The number of nitrogens with zero attached hydrogens (tertiary/aromatic N) is 2. The molecule has 3 rings (SSSR count). The van der Waals surface area contributed by atoms with Gasteiger partial charge >= 0.3 is 0 Å². The van der Waals surface area contributed by atoms with E-state index in [-0.39, 0.29) is 12.4 Å². The minimum absolute atomic E-state index is 0. The van der Waals surface area contributed by atoms with E-state index in [4.69, 9.17) is 9.72 Å². The van der Waals surface area contributed by atoms with Crippen molar-refractivity contribution in [2.45, 2.75) is 46.6 Å². The molecular weight excluding hydrogens is 382 g/mol. The summed E-state index contributed by atoms with van der Waals surface area (Å²) in [6.07, 6.45) is 2.33. The molecule has 0 fully saturated rings. The summed E-state index contributed by atoms with van der Waals surface area (Å²) in [5.74, 6) is 0.823. The molecule has 1 aromatic heterocycles. The van der Waals surface area contributed by atoms with E-state index in [0.29, 0.717) is 6.04 Å². The number of aryl methyl sites for hydroxylation is 1. The second-order valence-corrected chi connectivity index (χ2v) is 7.53. The zero-order valence-corrected chi connectivity index (χ0v) is 19.1. The van der Waals surface area contributed by atoms with Crippen LogP contribution in [0.15, 0.2) is 36.4 Å². The Morgan fingerprint density at radius 3 is 2.52 bits per heavy atom. The van der Waals surface area contributed by atoms with E-state index in [1.807, 2.05) is 12.1 Å². The highest BCUT2D eigenvalue weighted by atomic mass is 35.5. The van der Waals surface area contributed by atoms with Gasteiger partial charge in [0.1, 0.15) is 11.3 Å². The maximum atomic E-state index is 5.61. The molecule has 1 atom stereocenters. The van der Waals surface area contributed by atoms with E-state index < -0.39 is 0 Å². The first kappa shape index (κ1) is 23.2. The highest BCUT2D eigenvalue weighted by Gasteiger charge is 2.16. The van der Waals surface area contributed by atoms with Gasteiger partial charge in [0, 0.05) is 16.8 Å². The minimum atomic E-state index is 0. The molecule has 1 unspecified atom stereocenters. The van der Waals surface area contributed by atoms with Crippen LogP contribution in [0.1, 0.15) is 39.2 Å². The van der Waals surface area contributed by atoms with Crippen molar-refractivity contribution in [1.29, 1.82) is 0 Å². The van der Waals surface area contributed by atoms with E-state index in [9.17, 15) is 0 Å². The van der Waals surface area contributed by atoms with Crippen LogP contribution in [-0.2, 0) is 0 Å². The maximum absolute atomic E-state index is 5.61. The fourth-order valence-corrected chi connectivity index (χ4v) is 3.93. The van der Waals surface area contributed by atoms with Gasteiger partial charge in [-0.3, -0.25) is 0 Å². The van der Waals surface area contributed by atoms with E-state index in [1.54, 1.807) is 7.11 Å². The zero-order valence-electron chi connectivity index (χ0n) is 18.3. The van der Waals surface area contributed by atoms with Crippen molar-refractivity contribution in [1.82, 2.24) is 9.88 Å². The van der Waals surface area contributed by atoms with Gasteiger partial charge in [-0.25, -0.2) is 4.98 Å². The number of anilines is 1. The Balaban J connectivity index is 0.00000300. The second kappa shape index (κ2) is 10.7. The average Bonchev–Trinajstić information content (AvgIpc) is 2.71. The molecular formula is C24H34ClN3O. The number of halogens is 1. The Hall–Kier alpha value is -2.04. The van der Waals surface area contributed by atoms with Crippen molar-refractivity contribution in [3.8, 4) is 5.75 Å². The summed E-state index contributed by atoms with van der Waals surface area (Å²) >= 11 is 0. The third-order valence-electron chi connectivity index (χ3n) is 5.62. The number of methoxy groups -OCH3 is 1. The van der Waals surface area contributed by atoms with Gasteiger partial charge in [0.2, 0.25) is 0 Å². The van der Waals surface area contributed by atoms with E-state index >= 15 is 0 Å². The summed E-state index contributed by atoms with van der Waals surface area (Å²) in [7, 11) is 1.71. The predicted molar refractivity (Wildman–Crippen MR) is 128 cm³/mol. The summed E-state index contributed by atoms with van der Waals surface area (Å²) in [5, 5.41) is 6.14. The highest BCUT2D eigenvalue weighted by Crippen LogP contribution is 2.37.